The number of amides is 2. The molecule has 2 N–H and O–H groups in total. The topological polar surface area (TPSA) is 74.4 Å². The zero-order valence-electron chi connectivity index (χ0n) is 25.4. The third kappa shape index (κ3) is 5.37. The molecule has 0 aliphatic carbocycles. The zero-order valence-corrected chi connectivity index (χ0v) is 25.4. The Labute approximate surface area is 238 Å². The van der Waals surface area contributed by atoms with Crippen LogP contribution in [-0.4, -0.2) is 46.1 Å². The minimum Gasteiger partial charge on any atom is -0.444 e. The number of aromatic amines is 1. The number of H-pyrrole nitrogens is 1. The molecule has 3 aromatic rings. The lowest BCUT2D eigenvalue weighted by Gasteiger charge is -2.33. The van der Waals surface area contributed by atoms with Crippen molar-refractivity contribution in [1.82, 2.24) is 15.2 Å². The highest BCUT2D eigenvalue weighted by Crippen LogP contribution is 2.42. The fourth-order valence-electron chi connectivity index (χ4n) is 6.80. The van der Waals surface area contributed by atoms with Gasteiger partial charge in [-0.15, -0.1) is 0 Å². The van der Waals surface area contributed by atoms with E-state index in [4.69, 9.17) is 4.74 Å². The van der Waals surface area contributed by atoms with Gasteiger partial charge in [0.2, 0.25) is 5.91 Å². The van der Waals surface area contributed by atoms with E-state index in [1.165, 1.54) is 11.1 Å². The first-order valence-corrected chi connectivity index (χ1v) is 14.8. The quantitative estimate of drug-likeness (QED) is 0.338. The molecule has 2 amide bonds. The van der Waals surface area contributed by atoms with Crippen LogP contribution in [0, 0.1) is 13.8 Å². The highest BCUT2D eigenvalue weighted by atomic mass is 16.6. The van der Waals surface area contributed by atoms with Crippen LogP contribution < -0.4 is 5.32 Å². The second kappa shape index (κ2) is 10.3. The van der Waals surface area contributed by atoms with E-state index in [1.54, 1.807) is 0 Å². The van der Waals surface area contributed by atoms with Crippen LogP contribution in [0.5, 0.6) is 0 Å². The maximum absolute atomic E-state index is 13.9. The third-order valence-corrected chi connectivity index (χ3v) is 8.74. The summed E-state index contributed by atoms with van der Waals surface area (Å²) in [5.74, 6) is 0.240. The summed E-state index contributed by atoms with van der Waals surface area (Å²) in [6.07, 6.45) is 4.12. The average molecular weight is 544 g/mol. The molecular weight excluding hydrogens is 498 g/mol. The van der Waals surface area contributed by atoms with E-state index in [0.29, 0.717) is 18.6 Å². The number of carbonyl (C=O) groups excluding carboxylic acids is 2. The molecule has 1 unspecified atom stereocenters. The predicted molar refractivity (Wildman–Crippen MR) is 162 cm³/mol. The van der Waals surface area contributed by atoms with Crippen LogP contribution in [0.25, 0.3) is 22.2 Å². The van der Waals surface area contributed by atoms with Gasteiger partial charge in [-0.25, -0.2) is 4.79 Å². The molecule has 40 heavy (non-hydrogen) atoms. The number of nitrogens with one attached hydrogen (secondary N) is 2. The number of benzene rings is 2. The molecule has 6 nitrogen and oxygen atoms in total. The molecule has 1 atom stereocenters. The Bertz CT molecular complexity index is 1400. The number of fused-ring (bicyclic) bond motifs is 3. The Morgan fingerprint density at radius 1 is 0.975 bits per heavy atom. The number of hydrogen-bond donors (Lipinski definition) is 2. The molecule has 6 heteroatoms. The summed E-state index contributed by atoms with van der Waals surface area (Å²) in [6, 6.07) is 13.8. The van der Waals surface area contributed by atoms with Crippen molar-refractivity contribution in [1.29, 1.82) is 0 Å². The monoisotopic (exact) mass is 543 g/mol. The van der Waals surface area contributed by atoms with Crippen LogP contribution in [0.1, 0.15) is 95.4 Å². The summed E-state index contributed by atoms with van der Waals surface area (Å²) in [5.41, 5.74) is 6.59. The van der Waals surface area contributed by atoms with Gasteiger partial charge in [0, 0.05) is 35.4 Å². The van der Waals surface area contributed by atoms with Crippen molar-refractivity contribution in [2.24, 2.45) is 0 Å². The van der Waals surface area contributed by atoms with Crippen molar-refractivity contribution in [3.05, 3.63) is 58.7 Å². The smallest absolute Gasteiger partial charge is 0.407 e. The van der Waals surface area contributed by atoms with E-state index in [1.807, 2.05) is 20.8 Å². The molecule has 2 fully saturated rings. The Hall–Kier alpha value is -3.28. The lowest BCUT2D eigenvalue weighted by atomic mass is 9.81. The largest absolute Gasteiger partial charge is 0.444 e. The second-order valence-corrected chi connectivity index (χ2v) is 13.6. The molecule has 0 spiro atoms. The van der Waals surface area contributed by atoms with Crippen molar-refractivity contribution in [3.8, 4) is 11.3 Å². The summed E-state index contributed by atoms with van der Waals surface area (Å²) in [7, 11) is 0. The Balaban J connectivity index is 1.55. The summed E-state index contributed by atoms with van der Waals surface area (Å²) >= 11 is 0. The van der Waals surface area contributed by atoms with Gasteiger partial charge in [0.05, 0.1) is 11.1 Å². The number of nitrogens with zero attached hydrogens (tertiary/aromatic N) is 1. The molecule has 1 aromatic heterocycles. The Morgan fingerprint density at radius 2 is 1.57 bits per heavy atom. The van der Waals surface area contributed by atoms with Crippen LogP contribution in [0.4, 0.5) is 4.79 Å². The normalized spacial score (nSPS) is 19.8. The molecule has 2 aliphatic rings. The van der Waals surface area contributed by atoms with E-state index < -0.39 is 17.1 Å². The standard InChI is InChI=1S/C34H45N3O3/c1-20-15-21(2)17-23(16-20)30-29(22(3)19-35-32(39)40-33(4,5)6)27-18-24(9-14-28(27)36-30)34(7,8)31(38)37-25-10-11-26(37)13-12-25/h9,14-18,22,25-26,36H,10-13,19H2,1-8H3,(H,35,39). The van der Waals surface area contributed by atoms with Crippen molar-refractivity contribution in [2.75, 3.05) is 6.54 Å². The molecular formula is C34H45N3O3. The number of alkyl carbamates (subject to hydrolysis) is 1. The first kappa shape index (κ1) is 28.3. The first-order valence-electron chi connectivity index (χ1n) is 14.8. The summed E-state index contributed by atoms with van der Waals surface area (Å²) < 4.78 is 5.50. The van der Waals surface area contributed by atoms with Crippen molar-refractivity contribution < 1.29 is 14.3 Å². The van der Waals surface area contributed by atoms with Crippen molar-refractivity contribution in [3.63, 3.8) is 0 Å². The highest BCUT2D eigenvalue weighted by molar-refractivity contribution is 5.95. The molecule has 3 heterocycles. The number of carbonyl (C=O) groups is 2. The zero-order chi connectivity index (χ0) is 29.0. The van der Waals surface area contributed by atoms with Crippen LogP contribution in [0.15, 0.2) is 36.4 Å². The fourth-order valence-corrected chi connectivity index (χ4v) is 6.80. The van der Waals surface area contributed by atoms with Gasteiger partial charge in [0.1, 0.15) is 5.60 Å². The van der Waals surface area contributed by atoms with Gasteiger partial charge in [0.15, 0.2) is 0 Å². The van der Waals surface area contributed by atoms with Crippen molar-refractivity contribution in [2.45, 2.75) is 110 Å². The molecule has 0 radical (unpaired) electrons. The van der Waals surface area contributed by atoms with Gasteiger partial charge in [-0.3, -0.25) is 4.79 Å². The maximum Gasteiger partial charge on any atom is 0.407 e. The Morgan fingerprint density at radius 3 is 2.15 bits per heavy atom. The minimum absolute atomic E-state index is 0.000534. The van der Waals surface area contributed by atoms with Crippen molar-refractivity contribution >= 4 is 22.9 Å². The maximum atomic E-state index is 13.9. The highest BCUT2D eigenvalue weighted by Gasteiger charge is 2.47. The molecule has 2 aliphatic heterocycles. The van der Waals surface area contributed by atoms with E-state index in [0.717, 1.165) is 59.0 Å². The second-order valence-electron chi connectivity index (χ2n) is 13.6. The molecule has 214 valence electrons. The SMILES string of the molecule is Cc1cc(C)cc(-c2[nH]c3ccc(C(C)(C)C(=O)N4C5CCC4CC5)cc3c2C(C)CNC(=O)OC(C)(C)C)c1. The number of aromatic nitrogens is 1. The van der Waals surface area contributed by atoms with E-state index >= 15 is 0 Å². The molecule has 2 bridgehead atoms. The fraction of sp³-hybridized carbons (Fsp3) is 0.529. The van der Waals surface area contributed by atoms with Crippen LogP contribution >= 0.6 is 0 Å². The molecule has 5 rings (SSSR count). The van der Waals surface area contributed by atoms with Gasteiger partial charge in [-0.2, -0.15) is 0 Å². The van der Waals surface area contributed by atoms with Gasteiger partial charge in [0.25, 0.3) is 0 Å². The number of rotatable bonds is 6. The molecule has 2 saturated heterocycles. The summed E-state index contributed by atoms with van der Waals surface area (Å²) in [6.45, 7) is 16.5. The summed E-state index contributed by atoms with van der Waals surface area (Å²) in [5, 5.41) is 4.07. The van der Waals surface area contributed by atoms with Gasteiger partial charge >= 0.3 is 6.09 Å². The van der Waals surface area contributed by atoms with Crippen LogP contribution in [0.3, 0.4) is 0 Å². The number of hydrogen-bond acceptors (Lipinski definition) is 3. The van der Waals surface area contributed by atoms with E-state index in [2.05, 4.69) is 86.2 Å². The van der Waals surface area contributed by atoms with Gasteiger partial charge in [-0.1, -0.05) is 30.2 Å². The average Bonchev–Trinajstić information content (AvgIpc) is 3.57. The van der Waals surface area contributed by atoms with E-state index in [9.17, 15) is 9.59 Å². The Kier molecular flexibility index (Phi) is 7.26. The lowest BCUT2D eigenvalue weighted by Crippen LogP contribution is -2.45. The minimum atomic E-state index is -0.633. The molecule has 2 aromatic carbocycles. The van der Waals surface area contributed by atoms with Crippen LogP contribution in [-0.2, 0) is 14.9 Å². The first-order chi connectivity index (χ1) is 18.7. The van der Waals surface area contributed by atoms with Gasteiger partial charge < -0.3 is 19.9 Å². The summed E-state index contributed by atoms with van der Waals surface area (Å²) in [4.78, 5) is 32.3. The lowest BCUT2D eigenvalue weighted by molar-refractivity contribution is -0.137. The predicted octanol–water partition coefficient (Wildman–Crippen LogP) is 7.51. The molecule has 0 saturated carbocycles. The third-order valence-electron chi connectivity index (χ3n) is 8.74. The van der Waals surface area contributed by atoms with Crippen LogP contribution in [0.2, 0.25) is 0 Å². The van der Waals surface area contributed by atoms with Gasteiger partial charge in [-0.05, 0) is 115 Å². The number of aryl methyl sites for hydroxylation is 2. The van der Waals surface area contributed by atoms with E-state index in [-0.39, 0.29) is 11.8 Å². The number of ether oxygens (including phenoxy) is 1.